The number of esters is 3. The van der Waals surface area contributed by atoms with E-state index in [0.717, 1.165) is 75.5 Å². The molecule has 0 radical (unpaired) electrons. The van der Waals surface area contributed by atoms with Gasteiger partial charge in [0.25, 0.3) is 0 Å². The van der Waals surface area contributed by atoms with Gasteiger partial charge in [-0.3, -0.25) is 14.4 Å². The molecule has 0 heterocycles. The summed E-state index contributed by atoms with van der Waals surface area (Å²) in [5.74, 6) is 1.71. The first-order chi connectivity index (χ1) is 31.6. The van der Waals surface area contributed by atoms with E-state index in [2.05, 4.69) is 41.5 Å². The molecule has 0 spiro atoms. The first-order valence-electron chi connectivity index (χ1n) is 29.1. The van der Waals surface area contributed by atoms with Crippen molar-refractivity contribution in [1.29, 1.82) is 0 Å². The van der Waals surface area contributed by atoms with Gasteiger partial charge < -0.3 is 14.2 Å². The van der Waals surface area contributed by atoms with Gasteiger partial charge in [-0.15, -0.1) is 0 Å². The highest BCUT2D eigenvalue weighted by Crippen LogP contribution is 2.19. The second-order valence-corrected chi connectivity index (χ2v) is 21.5. The maximum absolute atomic E-state index is 12.8. The summed E-state index contributed by atoms with van der Waals surface area (Å²) >= 11 is 0. The van der Waals surface area contributed by atoms with Crippen LogP contribution >= 0.6 is 0 Å². The Morgan fingerprint density at radius 3 is 0.800 bits per heavy atom. The second kappa shape index (κ2) is 50.3. The molecule has 0 bridgehead atoms. The minimum atomic E-state index is -0.764. The molecule has 0 fully saturated rings. The molecule has 0 aliphatic carbocycles. The van der Waals surface area contributed by atoms with Crippen molar-refractivity contribution in [3.63, 3.8) is 0 Å². The summed E-state index contributed by atoms with van der Waals surface area (Å²) in [6.45, 7) is 13.8. The zero-order chi connectivity index (χ0) is 47.7. The van der Waals surface area contributed by atoms with Crippen LogP contribution in [0.1, 0.15) is 324 Å². The van der Waals surface area contributed by atoms with Gasteiger partial charge in [-0.1, -0.05) is 286 Å². The molecule has 0 saturated carbocycles. The number of hydrogen-bond acceptors (Lipinski definition) is 6. The Hall–Kier alpha value is -1.59. The Balaban J connectivity index is 4.30. The maximum atomic E-state index is 12.8. The van der Waals surface area contributed by atoms with Crippen molar-refractivity contribution in [2.45, 2.75) is 330 Å². The Morgan fingerprint density at radius 2 is 0.538 bits per heavy atom. The molecule has 0 aromatic heterocycles. The average molecular weight is 920 g/mol. The number of carbonyl (C=O) groups is 3. The lowest BCUT2D eigenvalue weighted by molar-refractivity contribution is -0.167. The molecule has 6 nitrogen and oxygen atoms in total. The van der Waals surface area contributed by atoms with E-state index < -0.39 is 6.10 Å². The number of unbranched alkanes of at least 4 members (excludes halogenated alkanes) is 34. The van der Waals surface area contributed by atoms with Crippen molar-refractivity contribution in [1.82, 2.24) is 0 Å². The van der Waals surface area contributed by atoms with Crippen molar-refractivity contribution in [2.24, 2.45) is 17.8 Å². The SMILES string of the molecule is CCC(C)CCCCCCCCCCCCC(=O)OC[C@H](COC(=O)CCCCCCCCCCCCCCCCCC(C)C)OC(=O)CCCCCCCCCCCCCCC(C)C. The van der Waals surface area contributed by atoms with Gasteiger partial charge in [0.1, 0.15) is 13.2 Å². The number of rotatable bonds is 52. The second-order valence-electron chi connectivity index (χ2n) is 21.5. The molecule has 0 aromatic rings. The zero-order valence-corrected chi connectivity index (χ0v) is 44.8. The molecule has 0 amide bonds. The van der Waals surface area contributed by atoms with Crippen LogP contribution in [0.2, 0.25) is 0 Å². The third-order valence-corrected chi connectivity index (χ3v) is 13.8. The smallest absolute Gasteiger partial charge is 0.306 e. The highest BCUT2D eigenvalue weighted by atomic mass is 16.6. The molecule has 0 N–H and O–H groups in total. The summed E-state index contributed by atoms with van der Waals surface area (Å²) in [5, 5.41) is 0. The third kappa shape index (κ3) is 51.6. The molecular formula is C59H114O6. The van der Waals surface area contributed by atoms with Crippen molar-refractivity contribution in [2.75, 3.05) is 13.2 Å². The first kappa shape index (κ1) is 63.4. The van der Waals surface area contributed by atoms with Crippen LogP contribution in [0.4, 0.5) is 0 Å². The summed E-state index contributed by atoms with van der Waals surface area (Å²) < 4.78 is 16.9. The molecule has 386 valence electrons. The fraction of sp³-hybridized carbons (Fsp3) is 0.949. The first-order valence-corrected chi connectivity index (χ1v) is 29.1. The molecule has 0 aromatic carbocycles. The van der Waals surface area contributed by atoms with E-state index in [1.807, 2.05) is 0 Å². The van der Waals surface area contributed by atoms with Crippen LogP contribution in [-0.2, 0) is 28.6 Å². The molecule has 2 atom stereocenters. The highest BCUT2D eigenvalue weighted by molar-refractivity contribution is 5.71. The minimum absolute atomic E-state index is 0.0635. The van der Waals surface area contributed by atoms with Gasteiger partial charge in [0.2, 0.25) is 0 Å². The van der Waals surface area contributed by atoms with Crippen LogP contribution in [0.15, 0.2) is 0 Å². The van der Waals surface area contributed by atoms with E-state index >= 15 is 0 Å². The van der Waals surface area contributed by atoms with E-state index in [-0.39, 0.29) is 31.1 Å². The third-order valence-electron chi connectivity index (χ3n) is 13.8. The van der Waals surface area contributed by atoms with Gasteiger partial charge in [0, 0.05) is 19.3 Å². The van der Waals surface area contributed by atoms with Crippen LogP contribution in [0.3, 0.4) is 0 Å². The summed E-state index contributed by atoms with van der Waals surface area (Å²) in [5.41, 5.74) is 0. The van der Waals surface area contributed by atoms with Gasteiger partial charge in [0.05, 0.1) is 0 Å². The topological polar surface area (TPSA) is 78.9 Å². The van der Waals surface area contributed by atoms with Crippen molar-refractivity contribution in [3.05, 3.63) is 0 Å². The van der Waals surface area contributed by atoms with E-state index in [1.54, 1.807) is 0 Å². The summed E-state index contributed by atoms with van der Waals surface area (Å²) in [6.07, 6.45) is 52.3. The summed E-state index contributed by atoms with van der Waals surface area (Å²) in [4.78, 5) is 38.2. The Labute approximate surface area is 406 Å². The molecule has 6 heteroatoms. The quantitative estimate of drug-likeness (QED) is 0.0344. The normalized spacial score (nSPS) is 12.6. The Kier molecular flexibility index (Phi) is 49.1. The largest absolute Gasteiger partial charge is 0.462 e. The van der Waals surface area contributed by atoms with Crippen molar-refractivity contribution < 1.29 is 28.6 Å². The molecule has 0 aliphatic rings. The maximum Gasteiger partial charge on any atom is 0.306 e. The van der Waals surface area contributed by atoms with Gasteiger partial charge in [-0.2, -0.15) is 0 Å². The van der Waals surface area contributed by atoms with E-state index in [4.69, 9.17) is 14.2 Å². The lowest BCUT2D eigenvalue weighted by atomic mass is 9.99. The standard InChI is InChI=1S/C59H114O6/c1-7-55(6)47-41-35-29-23-19-20-25-31-37-43-49-58(61)64-52-56(65-59(62)50-44-38-32-26-18-14-13-16-22-28-34-40-46-54(4)5)51-63-57(60)48-42-36-30-24-17-12-10-8-9-11-15-21-27-33-39-45-53(2)3/h53-56H,7-52H2,1-6H3/t55?,56-/m0/s1. The summed E-state index contributed by atoms with van der Waals surface area (Å²) in [6, 6.07) is 0. The van der Waals surface area contributed by atoms with E-state index in [0.29, 0.717) is 19.3 Å². The van der Waals surface area contributed by atoms with E-state index in [1.165, 1.54) is 205 Å². The van der Waals surface area contributed by atoms with Gasteiger partial charge >= 0.3 is 17.9 Å². The van der Waals surface area contributed by atoms with Crippen molar-refractivity contribution >= 4 is 17.9 Å². The Bertz CT molecular complexity index is 1010. The van der Waals surface area contributed by atoms with Crippen LogP contribution < -0.4 is 0 Å². The molecule has 65 heavy (non-hydrogen) atoms. The highest BCUT2D eigenvalue weighted by Gasteiger charge is 2.19. The zero-order valence-electron chi connectivity index (χ0n) is 44.8. The summed E-state index contributed by atoms with van der Waals surface area (Å²) in [7, 11) is 0. The predicted octanol–water partition coefficient (Wildman–Crippen LogP) is 19.1. The Morgan fingerprint density at radius 1 is 0.308 bits per heavy atom. The average Bonchev–Trinajstić information content (AvgIpc) is 3.28. The van der Waals surface area contributed by atoms with Crippen LogP contribution in [-0.4, -0.2) is 37.2 Å². The fourth-order valence-corrected chi connectivity index (χ4v) is 8.97. The number of ether oxygens (including phenoxy) is 3. The fourth-order valence-electron chi connectivity index (χ4n) is 8.97. The molecule has 1 unspecified atom stereocenters. The van der Waals surface area contributed by atoms with E-state index in [9.17, 15) is 14.4 Å². The molecular weight excluding hydrogens is 805 g/mol. The van der Waals surface area contributed by atoms with Crippen LogP contribution in [0, 0.1) is 17.8 Å². The minimum Gasteiger partial charge on any atom is -0.462 e. The number of hydrogen-bond donors (Lipinski definition) is 0. The number of carbonyl (C=O) groups excluding carboxylic acids is 3. The van der Waals surface area contributed by atoms with Crippen LogP contribution in [0.5, 0.6) is 0 Å². The lowest BCUT2D eigenvalue weighted by Gasteiger charge is -2.18. The molecule has 0 aliphatic heterocycles. The predicted molar refractivity (Wildman–Crippen MR) is 279 cm³/mol. The van der Waals surface area contributed by atoms with Crippen molar-refractivity contribution in [3.8, 4) is 0 Å². The van der Waals surface area contributed by atoms with Gasteiger partial charge in [-0.05, 0) is 37.0 Å². The molecule has 0 rings (SSSR count). The van der Waals surface area contributed by atoms with Gasteiger partial charge in [0.15, 0.2) is 6.10 Å². The lowest BCUT2D eigenvalue weighted by Crippen LogP contribution is -2.30. The monoisotopic (exact) mass is 919 g/mol. The molecule has 0 saturated heterocycles. The van der Waals surface area contributed by atoms with Gasteiger partial charge in [-0.25, -0.2) is 0 Å². The van der Waals surface area contributed by atoms with Crippen LogP contribution in [0.25, 0.3) is 0 Å².